The van der Waals surface area contributed by atoms with Gasteiger partial charge in [0.05, 0.1) is 28.1 Å². The molecule has 12 rings (SSSR count). The molecule has 67 heavy (non-hydrogen) atoms. The summed E-state index contributed by atoms with van der Waals surface area (Å²) in [5.74, 6) is 1.07. The minimum absolute atomic E-state index is 0.343. The highest BCUT2D eigenvalue weighted by molar-refractivity contribution is 9.10. The molecule has 3 aromatic heterocycles. The van der Waals surface area contributed by atoms with E-state index in [-0.39, 0.29) is 0 Å². The molecule has 0 N–H and O–H groups in total. The molecular weight excluding hydrogens is 887 g/mol. The van der Waals surface area contributed by atoms with Crippen LogP contribution in [-0.4, -0.2) is 24.5 Å². The van der Waals surface area contributed by atoms with Crippen LogP contribution in [0, 0.1) is 22.7 Å². The molecule has 1 aliphatic rings. The molecule has 0 unspecified atom stereocenters. The molecule has 8 aromatic carbocycles. The van der Waals surface area contributed by atoms with Crippen molar-refractivity contribution in [1.29, 1.82) is 10.5 Å². The van der Waals surface area contributed by atoms with E-state index in [2.05, 4.69) is 151 Å². The summed E-state index contributed by atoms with van der Waals surface area (Å²) < 4.78 is 3.16. The standard InChI is InChI=1S/C29H18N4.C17H10BrN3.C13H10/c30-19-21-18-25(20-10-2-1-3-11-20)32-29(31-21)24-14-6-9-17-28(24)33-26-15-7-4-12-22(26)23-13-5-8-16-27(23)33;18-15-9-5-4-8-14(15)17-20-13(11-19)10-16(21-17)12-6-2-1-3-7-12;1-3-7-12-10(5-1)9-11-6-2-4-8-13(11)12/h1-18H;1-10H;1-8H,9H2. The summed E-state index contributed by atoms with van der Waals surface area (Å²) >= 11 is 3.50. The second-order valence-corrected chi connectivity index (χ2v) is 16.6. The van der Waals surface area contributed by atoms with Crippen molar-refractivity contribution < 1.29 is 0 Å². The van der Waals surface area contributed by atoms with Crippen molar-refractivity contribution in [1.82, 2.24) is 24.5 Å². The van der Waals surface area contributed by atoms with Crippen LogP contribution < -0.4 is 0 Å². The van der Waals surface area contributed by atoms with E-state index in [9.17, 15) is 10.5 Å². The zero-order valence-corrected chi connectivity index (χ0v) is 37.6. The number of aromatic nitrogens is 5. The second-order valence-electron chi connectivity index (χ2n) is 15.7. The molecule has 8 heteroatoms. The summed E-state index contributed by atoms with van der Waals surface area (Å²) in [5, 5.41) is 21.3. The van der Waals surface area contributed by atoms with Crippen LogP contribution in [0.4, 0.5) is 0 Å². The van der Waals surface area contributed by atoms with Gasteiger partial charge in [-0.2, -0.15) is 10.5 Å². The first-order valence-electron chi connectivity index (χ1n) is 21.7. The van der Waals surface area contributed by atoms with Gasteiger partial charge in [-0.15, -0.1) is 0 Å². The van der Waals surface area contributed by atoms with Gasteiger partial charge in [-0.3, -0.25) is 0 Å². The van der Waals surface area contributed by atoms with Gasteiger partial charge in [-0.05, 0) is 59.0 Å². The maximum absolute atomic E-state index is 9.67. The SMILES string of the molecule is N#Cc1cc(-c2ccccc2)nc(-c2ccccc2-n2c3ccccc3c3ccccc32)n1.N#Cc1cc(-c2ccccc2)nc(-c2ccccc2Br)n1.c1ccc2c(c1)Cc1ccccc1-2. The number of hydrogen-bond donors (Lipinski definition) is 0. The summed E-state index contributed by atoms with van der Waals surface area (Å²) in [6.07, 6.45) is 1.10. The van der Waals surface area contributed by atoms with Gasteiger partial charge in [-0.25, -0.2) is 19.9 Å². The van der Waals surface area contributed by atoms with E-state index in [0.29, 0.717) is 23.0 Å². The summed E-state index contributed by atoms with van der Waals surface area (Å²) in [7, 11) is 0. The lowest BCUT2D eigenvalue weighted by molar-refractivity contribution is 1.12. The molecular formula is C59H38BrN7. The average molecular weight is 925 g/mol. The molecule has 0 amide bonds. The maximum atomic E-state index is 9.67. The molecule has 0 saturated carbocycles. The second kappa shape index (κ2) is 19.1. The van der Waals surface area contributed by atoms with Gasteiger partial charge < -0.3 is 4.57 Å². The van der Waals surface area contributed by atoms with Crippen LogP contribution in [0.1, 0.15) is 22.5 Å². The highest BCUT2D eigenvalue weighted by Gasteiger charge is 2.19. The highest BCUT2D eigenvalue weighted by Crippen LogP contribution is 2.37. The number of fused-ring (bicyclic) bond motifs is 6. The summed E-state index contributed by atoms with van der Waals surface area (Å²) in [4.78, 5) is 18.4. The van der Waals surface area contributed by atoms with Gasteiger partial charge >= 0.3 is 0 Å². The van der Waals surface area contributed by atoms with E-state index in [1.807, 2.05) is 103 Å². The van der Waals surface area contributed by atoms with Crippen LogP contribution in [0.5, 0.6) is 0 Å². The van der Waals surface area contributed by atoms with Crippen LogP contribution in [0.25, 0.3) is 83.9 Å². The minimum Gasteiger partial charge on any atom is -0.309 e. The van der Waals surface area contributed by atoms with Crippen LogP contribution in [0.2, 0.25) is 0 Å². The molecule has 0 atom stereocenters. The Hall–Kier alpha value is -8.82. The average Bonchev–Trinajstić information content (AvgIpc) is 3.95. The van der Waals surface area contributed by atoms with Gasteiger partial charge in [0.2, 0.25) is 0 Å². The van der Waals surface area contributed by atoms with Crippen LogP contribution in [-0.2, 0) is 6.42 Å². The number of rotatable bonds is 5. The molecule has 7 nitrogen and oxygen atoms in total. The van der Waals surface area contributed by atoms with Crippen molar-refractivity contribution in [2.45, 2.75) is 6.42 Å². The van der Waals surface area contributed by atoms with Gasteiger partial charge in [-0.1, -0.05) is 192 Å². The molecule has 0 saturated heterocycles. The monoisotopic (exact) mass is 923 g/mol. The molecule has 0 fully saturated rings. The molecule has 0 spiro atoms. The lowest BCUT2D eigenvalue weighted by atomic mass is 10.1. The fraction of sp³-hybridized carbons (Fsp3) is 0.0169. The fourth-order valence-electron chi connectivity index (χ4n) is 8.53. The van der Waals surface area contributed by atoms with Gasteiger partial charge in [0.15, 0.2) is 11.6 Å². The molecule has 3 heterocycles. The summed E-state index contributed by atoms with van der Waals surface area (Å²) in [6, 6.07) is 77.3. The Bertz CT molecular complexity index is 3570. The maximum Gasteiger partial charge on any atom is 0.163 e. The smallest absolute Gasteiger partial charge is 0.163 e. The van der Waals surface area contributed by atoms with Crippen molar-refractivity contribution in [3.05, 3.63) is 245 Å². The Morgan fingerprint density at radius 3 is 1.31 bits per heavy atom. The Morgan fingerprint density at radius 1 is 0.403 bits per heavy atom. The predicted molar refractivity (Wildman–Crippen MR) is 272 cm³/mol. The van der Waals surface area contributed by atoms with Crippen molar-refractivity contribution >= 4 is 37.7 Å². The van der Waals surface area contributed by atoms with Crippen molar-refractivity contribution in [3.63, 3.8) is 0 Å². The third kappa shape index (κ3) is 8.73. The number of nitrogens with zero attached hydrogens (tertiary/aromatic N) is 7. The zero-order valence-electron chi connectivity index (χ0n) is 36.0. The third-order valence-electron chi connectivity index (χ3n) is 11.6. The summed E-state index contributed by atoms with van der Waals surface area (Å²) in [5.41, 5.74) is 14.8. The lowest BCUT2D eigenvalue weighted by Gasteiger charge is -2.14. The zero-order chi connectivity index (χ0) is 45.5. The van der Waals surface area contributed by atoms with E-state index in [0.717, 1.165) is 61.3 Å². The molecule has 1 aliphatic carbocycles. The molecule has 11 aromatic rings. The number of benzene rings is 8. The molecule has 0 radical (unpaired) electrons. The largest absolute Gasteiger partial charge is 0.309 e. The Kier molecular flexibility index (Phi) is 12.0. The van der Waals surface area contributed by atoms with Crippen LogP contribution >= 0.6 is 15.9 Å². The highest BCUT2D eigenvalue weighted by atomic mass is 79.9. The predicted octanol–water partition coefficient (Wildman–Crippen LogP) is 14.5. The lowest BCUT2D eigenvalue weighted by Crippen LogP contribution is -2.01. The van der Waals surface area contributed by atoms with E-state index in [1.165, 1.54) is 33.0 Å². The number of nitriles is 2. The first-order valence-corrected chi connectivity index (χ1v) is 22.5. The molecule has 0 bridgehead atoms. The van der Waals surface area contributed by atoms with E-state index in [1.54, 1.807) is 12.1 Å². The number of para-hydroxylation sites is 3. The molecule has 0 aliphatic heterocycles. The van der Waals surface area contributed by atoms with E-state index >= 15 is 0 Å². The van der Waals surface area contributed by atoms with E-state index < -0.39 is 0 Å². The first-order chi connectivity index (χ1) is 33.1. The van der Waals surface area contributed by atoms with Gasteiger partial charge in [0.25, 0.3) is 0 Å². The Balaban J connectivity index is 0.000000131. The topological polar surface area (TPSA) is 104 Å². The van der Waals surface area contributed by atoms with Crippen molar-refractivity contribution in [3.8, 4) is 74.2 Å². The Morgan fingerprint density at radius 2 is 0.806 bits per heavy atom. The normalized spacial score (nSPS) is 11.0. The quantitative estimate of drug-likeness (QED) is 0.170. The summed E-state index contributed by atoms with van der Waals surface area (Å²) in [6.45, 7) is 0. The Labute approximate surface area is 396 Å². The van der Waals surface area contributed by atoms with Crippen LogP contribution in [0.3, 0.4) is 0 Å². The fourth-order valence-corrected chi connectivity index (χ4v) is 8.99. The van der Waals surface area contributed by atoms with E-state index in [4.69, 9.17) is 4.98 Å². The minimum atomic E-state index is 0.343. The number of halogens is 1. The first kappa shape index (κ1) is 42.1. The van der Waals surface area contributed by atoms with Crippen molar-refractivity contribution in [2.75, 3.05) is 0 Å². The molecule has 316 valence electrons. The van der Waals surface area contributed by atoms with Crippen LogP contribution in [0.15, 0.2) is 223 Å². The van der Waals surface area contributed by atoms with Gasteiger partial charge in [0.1, 0.15) is 23.5 Å². The third-order valence-corrected chi connectivity index (χ3v) is 12.3. The number of hydrogen-bond acceptors (Lipinski definition) is 6. The van der Waals surface area contributed by atoms with Gasteiger partial charge in [0, 0.05) is 49.6 Å². The van der Waals surface area contributed by atoms with Crippen molar-refractivity contribution in [2.24, 2.45) is 0 Å².